The van der Waals surface area contributed by atoms with E-state index in [-0.39, 0.29) is 11.2 Å². The van der Waals surface area contributed by atoms with E-state index in [0.29, 0.717) is 17.2 Å². The summed E-state index contributed by atoms with van der Waals surface area (Å²) in [5, 5.41) is 0. The number of hydrogen-bond acceptors (Lipinski definition) is 1. The lowest BCUT2D eigenvalue weighted by Crippen LogP contribution is -2.07. The molecule has 2 aromatic carbocycles. The van der Waals surface area contributed by atoms with E-state index in [1.54, 1.807) is 19.2 Å². The second-order valence-corrected chi connectivity index (χ2v) is 8.50. The number of ether oxygens (including phenoxy) is 1. The fraction of sp³-hybridized carbons (Fsp3) is 0.478. The van der Waals surface area contributed by atoms with Crippen molar-refractivity contribution in [1.82, 2.24) is 0 Å². The van der Waals surface area contributed by atoms with Crippen molar-refractivity contribution in [2.45, 2.75) is 53.9 Å². The molecule has 0 aliphatic rings. The monoisotopic (exact) mass is 342 g/mol. The number of benzene rings is 2. The normalized spacial score (nSPS) is 11.8. The van der Waals surface area contributed by atoms with Crippen molar-refractivity contribution in [2.75, 3.05) is 7.11 Å². The highest BCUT2D eigenvalue weighted by molar-refractivity contribution is 5.70. The molecule has 0 atom stereocenters. The van der Waals surface area contributed by atoms with E-state index in [1.807, 2.05) is 0 Å². The standard InChI is InChI=1S/C23H31FO/c1-16(2)13-17-7-9-20(18(14-17)11-12-23(3,4)5)21-15-19(25-6)8-10-22(21)24/h7-10,14-16H,11-13H2,1-6H3. The molecule has 0 N–H and O–H groups in total. The van der Waals surface area contributed by atoms with Gasteiger partial charge in [-0.1, -0.05) is 52.8 Å². The van der Waals surface area contributed by atoms with Gasteiger partial charge in [0.2, 0.25) is 0 Å². The topological polar surface area (TPSA) is 9.23 Å². The van der Waals surface area contributed by atoms with E-state index in [9.17, 15) is 4.39 Å². The van der Waals surface area contributed by atoms with Gasteiger partial charge in [0.25, 0.3) is 0 Å². The molecule has 0 radical (unpaired) electrons. The van der Waals surface area contributed by atoms with Crippen LogP contribution >= 0.6 is 0 Å². The molecule has 2 rings (SSSR count). The van der Waals surface area contributed by atoms with Crippen LogP contribution in [0.25, 0.3) is 11.1 Å². The summed E-state index contributed by atoms with van der Waals surface area (Å²) in [7, 11) is 1.61. The summed E-state index contributed by atoms with van der Waals surface area (Å²) in [5.74, 6) is 1.09. The van der Waals surface area contributed by atoms with Crippen LogP contribution in [0.4, 0.5) is 4.39 Å². The molecule has 1 nitrogen and oxygen atoms in total. The van der Waals surface area contributed by atoms with Gasteiger partial charge in [-0.25, -0.2) is 4.39 Å². The summed E-state index contributed by atoms with van der Waals surface area (Å²) in [4.78, 5) is 0. The molecule has 0 saturated carbocycles. The zero-order chi connectivity index (χ0) is 18.6. The van der Waals surface area contributed by atoms with Crippen LogP contribution in [0.15, 0.2) is 36.4 Å². The first kappa shape index (κ1) is 19.5. The van der Waals surface area contributed by atoms with Gasteiger partial charge in [-0.2, -0.15) is 0 Å². The maximum atomic E-state index is 14.5. The smallest absolute Gasteiger partial charge is 0.131 e. The largest absolute Gasteiger partial charge is 0.497 e. The third-order valence-electron chi connectivity index (χ3n) is 4.42. The molecule has 0 heterocycles. The molecule has 0 fully saturated rings. The Morgan fingerprint density at radius 3 is 2.32 bits per heavy atom. The van der Waals surface area contributed by atoms with Gasteiger partial charge in [0.1, 0.15) is 11.6 Å². The lowest BCUT2D eigenvalue weighted by Gasteiger charge is -2.20. The molecule has 0 spiro atoms. The lowest BCUT2D eigenvalue weighted by molar-refractivity contribution is 0.378. The van der Waals surface area contributed by atoms with Crippen molar-refractivity contribution in [2.24, 2.45) is 11.3 Å². The van der Waals surface area contributed by atoms with Gasteiger partial charge in [-0.3, -0.25) is 0 Å². The molecule has 0 bridgehead atoms. The van der Waals surface area contributed by atoms with Gasteiger partial charge in [0, 0.05) is 5.56 Å². The Labute approximate surface area is 152 Å². The predicted octanol–water partition coefficient (Wildman–Crippen LogP) is 6.68. The quantitative estimate of drug-likeness (QED) is 0.569. The van der Waals surface area contributed by atoms with Crippen LogP contribution in [0, 0.1) is 17.2 Å². The maximum Gasteiger partial charge on any atom is 0.131 e. The molecule has 25 heavy (non-hydrogen) atoms. The molecule has 136 valence electrons. The minimum absolute atomic E-state index is 0.200. The minimum atomic E-state index is -0.200. The number of rotatable bonds is 6. The zero-order valence-corrected chi connectivity index (χ0v) is 16.4. The third kappa shape index (κ3) is 5.59. The van der Waals surface area contributed by atoms with Crippen LogP contribution in [-0.4, -0.2) is 7.11 Å². The van der Waals surface area contributed by atoms with Crippen molar-refractivity contribution in [3.63, 3.8) is 0 Å². The van der Waals surface area contributed by atoms with Gasteiger partial charge < -0.3 is 4.74 Å². The molecule has 0 unspecified atom stereocenters. The molecular formula is C23H31FO. The molecule has 2 aromatic rings. The first-order valence-electron chi connectivity index (χ1n) is 9.15. The van der Waals surface area contributed by atoms with Gasteiger partial charge in [-0.05, 0) is 65.5 Å². The van der Waals surface area contributed by atoms with E-state index in [4.69, 9.17) is 4.74 Å². The van der Waals surface area contributed by atoms with Crippen molar-refractivity contribution >= 4 is 0 Å². The van der Waals surface area contributed by atoms with Gasteiger partial charge in [0.05, 0.1) is 7.11 Å². The van der Waals surface area contributed by atoms with Crippen LogP contribution in [0.5, 0.6) is 5.75 Å². The average molecular weight is 342 g/mol. The minimum Gasteiger partial charge on any atom is -0.497 e. The summed E-state index contributed by atoms with van der Waals surface area (Å²) in [6, 6.07) is 11.4. The van der Waals surface area contributed by atoms with Crippen molar-refractivity contribution in [3.8, 4) is 16.9 Å². The number of aryl methyl sites for hydroxylation is 1. The Morgan fingerprint density at radius 2 is 1.72 bits per heavy atom. The second-order valence-electron chi connectivity index (χ2n) is 8.50. The molecule has 2 heteroatoms. The Morgan fingerprint density at radius 1 is 1.00 bits per heavy atom. The summed E-state index contributed by atoms with van der Waals surface area (Å²) in [6.07, 6.45) is 3.06. The van der Waals surface area contributed by atoms with Crippen LogP contribution in [0.3, 0.4) is 0 Å². The highest BCUT2D eigenvalue weighted by atomic mass is 19.1. The predicted molar refractivity (Wildman–Crippen MR) is 105 cm³/mol. The van der Waals surface area contributed by atoms with Crippen molar-refractivity contribution < 1.29 is 9.13 Å². The average Bonchev–Trinajstić information content (AvgIpc) is 2.52. The van der Waals surface area contributed by atoms with Crippen molar-refractivity contribution in [3.05, 3.63) is 53.3 Å². The van der Waals surface area contributed by atoms with E-state index in [2.05, 4.69) is 52.8 Å². The van der Waals surface area contributed by atoms with E-state index >= 15 is 0 Å². The summed E-state index contributed by atoms with van der Waals surface area (Å²) < 4.78 is 19.8. The highest BCUT2D eigenvalue weighted by Crippen LogP contribution is 2.33. The third-order valence-corrected chi connectivity index (χ3v) is 4.42. The van der Waals surface area contributed by atoms with Crippen LogP contribution in [-0.2, 0) is 12.8 Å². The fourth-order valence-electron chi connectivity index (χ4n) is 3.06. The first-order valence-corrected chi connectivity index (χ1v) is 9.15. The molecule has 0 amide bonds. The number of methoxy groups -OCH3 is 1. The Balaban J connectivity index is 2.48. The van der Waals surface area contributed by atoms with Crippen molar-refractivity contribution in [1.29, 1.82) is 0 Å². The highest BCUT2D eigenvalue weighted by Gasteiger charge is 2.16. The van der Waals surface area contributed by atoms with E-state index < -0.39 is 0 Å². The number of halogens is 1. The van der Waals surface area contributed by atoms with E-state index in [1.165, 1.54) is 17.2 Å². The Hall–Kier alpha value is -1.83. The first-order chi connectivity index (χ1) is 11.7. The fourth-order valence-corrected chi connectivity index (χ4v) is 3.06. The summed E-state index contributed by atoms with van der Waals surface area (Å²) >= 11 is 0. The van der Waals surface area contributed by atoms with Crippen LogP contribution in [0.1, 0.15) is 52.2 Å². The SMILES string of the molecule is COc1ccc(F)c(-c2ccc(CC(C)C)cc2CCC(C)(C)C)c1. The van der Waals surface area contributed by atoms with Gasteiger partial charge >= 0.3 is 0 Å². The lowest BCUT2D eigenvalue weighted by atomic mass is 9.85. The molecule has 0 aliphatic heterocycles. The molecule has 0 aliphatic carbocycles. The van der Waals surface area contributed by atoms with Gasteiger partial charge in [0.15, 0.2) is 0 Å². The second kappa shape index (κ2) is 8.03. The zero-order valence-electron chi connectivity index (χ0n) is 16.4. The van der Waals surface area contributed by atoms with Crippen LogP contribution < -0.4 is 4.74 Å². The van der Waals surface area contributed by atoms with E-state index in [0.717, 1.165) is 24.8 Å². The molecule has 0 aromatic heterocycles. The van der Waals surface area contributed by atoms with Crippen LogP contribution in [0.2, 0.25) is 0 Å². The maximum absolute atomic E-state index is 14.5. The number of hydrogen-bond donors (Lipinski definition) is 0. The Bertz CT molecular complexity index is 711. The molecular weight excluding hydrogens is 311 g/mol. The summed E-state index contributed by atoms with van der Waals surface area (Å²) in [5.41, 5.74) is 4.40. The summed E-state index contributed by atoms with van der Waals surface area (Å²) in [6.45, 7) is 11.2. The van der Waals surface area contributed by atoms with Gasteiger partial charge in [-0.15, -0.1) is 0 Å². The Kier molecular flexibility index (Phi) is 6.26. The molecule has 0 saturated heterocycles.